The number of carbonyl (C=O) groups excluding carboxylic acids is 1. The van der Waals surface area contributed by atoms with Gasteiger partial charge in [0.15, 0.2) is 0 Å². The van der Waals surface area contributed by atoms with E-state index < -0.39 is 5.97 Å². The molecule has 2 rings (SSSR count). The van der Waals surface area contributed by atoms with Gasteiger partial charge in [-0.1, -0.05) is 13.8 Å². The van der Waals surface area contributed by atoms with Crippen molar-refractivity contribution < 1.29 is 38.4 Å². The first-order valence-corrected chi connectivity index (χ1v) is 13.1. The summed E-state index contributed by atoms with van der Waals surface area (Å²) in [6.07, 6.45) is 3.03. The van der Waals surface area contributed by atoms with Crippen LogP contribution in [0.3, 0.4) is 0 Å². The van der Waals surface area contributed by atoms with Crippen LogP contribution >= 0.6 is 12.6 Å². The van der Waals surface area contributed by atoms with Crippen molar-refractivity contribution in [2.45, 2.75) is 50.7 Å². The zero-order chi connectivity index (χ0) is 26.9. The monoisotopic (exact) mass is 540 g/mol. The molecule has 1 aliphatic carbocycles. The second-order valence-corrected chi connectivity index (χ2v) is 10.4. The molecule has 2 N–H and O–H groups in total. The highest BCUT2D eigenvalue weighted by Crippen LogP contribution is 2.26. The number of carboxylic acids is 1. The molecule has 0 atom stereocenters. The van der Waals surface area contributed by atoms with Crippen LogP contribution in [0.1, 0.15) is 50.7 Å². The lowest BCUT2D eigenvalue weighted by molar-refractivity contribution is -0.138. The smallest absolute Gasteiger partial charge is 0.305 e. The number of nitrogens with one attached hydrogen (secondary N) is 1. The number of ether oxygens (including phenoxy) is 5. The fraction of sp³-hybridized carbons (Fsp3) is 0.654. The zero-order valence-electron chi connectivity index (χ0n) is 21.8. The normalized spacial score (nSPS) is 14.4. The third kappa shape index (κ3) is 14.4. The molecule has 11 heteroatoms. The summed E-state index contributed by atoms with van der Waals surface area (Å²) in [6.45, 7) is 7.44. The van der Waals surface area contributed by atoms with Crippen LogP contribution in [0.5, 0.6) is 5.75 Å². The second-order valence-electron chi connectivity index (χ2n) is 9.20. The van der Waals surface area contributed by atoms with Crippen LogP contribution in [0.2, 0.25) is 0 Å². The van der Waals surface area contributed by atoms with E-state index in [-0.39, 0.29) is 23.7 Å². The second kappa shape index (κ2) is 17.4. The van der Waals surface area contributed by atoms with Gasteiger partial charge in [0.05, 0.1) is 65.0 Å². The van der Waals surface area contributed by atoms with Gasteiger partial charge in [0, 0.05) is 16.7 Å². The van der Waals surface area contributed by atoms with Crippen molar-refractivity contribution in [2.24, 2.45) is 5.10 Å². The van der Waals surface area contributed by atoms with Gasteiger partial charge >= 0.3 is 5.97 Å². The molecule has 37 heavy (non-hydrogen) atoms. The topological polar surface area (TPSA) is 125 Å². The number of aliphatic carboxylic acids is 1. The van der Waals surface area contributed by atoms with Crippen LogP contribution in [0.15, 0.2) is 23.3 Å². The van der Waals surface area contributed by atoms with Crippen LogP contribution in [0, 0.1) is 0 Å². The quantitative estimate of drug-likeness (QED) is 0.139. The molecular formula is C26H40N2O8S. The average Bonchev–Trinajstić information content (AvgIpc) is 2.83. The fourth-order valence-electron chi connectivity index (χ4n) is 3.55. The summed E-state index contributed by atoms with van der Waals surface area (Å²) in [6, 6.07) is 5.94. The molecule has 10 nitrogen and oxygen atoms in total. The van der Waals surface area contributed by atoms with Crippen molar-refractivity contribution in [1.82, 2.24) is 5.43 Å². The van der Waals surface area contributed by atoms with Crippen LogP contribution in [-0.4, -0.2) is 86.9 Å². The van der Waals surface area contributed by atoms with Gasteiger partial charge in [-0.15, -0.1) is 0 Å². The number of nitrogens with zero attached hydrogens (tertiary/aromatic N) is 1. The number of fused-ring (bicyclic) bond motifs is 1. The van der Waals surface area contributed by atoms with Crippen molar-refractivity contribution in [2.75, 3.05) is 59.5 Å². The highest BCUT2D eigenvalue weighted by atomic mass is 32.1. The number of carbonyl (C=O) groups is 2. The number of hydrazone groups is 1. The maximum atomic E-state index is 12.1. The maximum absolute atomic E-state index is 12.1. The number of hydrogen-bond donors (Lipinski definition) is 3. The van der Waals surface area contributed by atoms with E-state index in [4.69, 9.17) is 28.8 Å². The minimum Gasteiger partial charge on any atom is -0.491 e. The molecule has 0 aromatic heterocycles. The summed E-state index contributed by atoms with van der Waals surface area (Å²) in [7, 11) is 0. The molecule has 0 saturated heterocycles. The Morgan fingerprint density at radius 1 is 0.946 bits per heavy atom. The number of rotatable bonds is 19. The minimum absolute atomic E-state index is 0.00403. The first kappa shape index (κ1) is 31.0. The van der Waals surface area contributed by atoms with Crippen molar-refractivity contribution in [3.8, 4) is 5.75 Å². The number of carboxylic acid groups (broad SMARTS) is 1. The Hall–Kier alpha value is -2.18. The molecule has 0 fully saturated rings. The molecule has 0 aliphatic heterocycles. The lowest BCUT2D eigenvalue weighted by atomic mass is 9.90. The van der Waals surface area contributed by atoms with Crippen molar-refractivity contribution in [1.29, 1.82) is 0 Å². The standard InChI is InChI=1S/C26H40N2O8S/c1-26(2,37)19-24(29)28-27-23-5-3-4-20-18-21(6-7-22(20)23)36-17-16-35-15-14-34-13-12-33-11-10-32-9-8-25(30)31/h6-7,18,37H,3-5,8-17,19H2,1-2H3,(H,28,29)(H,30,31)/b27-23+. The molecule has 0 heterocycles. The lowest BCUT2D eigenvalue weighted by Crippen LogP contribution is -2.27. The Labute approximate surface area is 224 Å². The molecule has 0 spiro atoms. The van der Waals surface area contributed by atoms with Crippen molar-refractivity contribution in [3.63, 3.8) is 0 Å². The fourth-order valence-corrected chi connectivity index (χ4v) is 3.69. The molecule has 1 aromatic rings. The van der Waals surface area contributed by atoms with Gasteiger partial charge in [0.2, 0.25) is 5.91 Å². The van der Waals surface area contributed by atoms with E-state index in [1.54, 1.807) is 0 Å². The average molecular weight is 541 g/mol. The Morgan fingerprint density at radius 3 is 2.14 bits per heavy atom. The van der Waals surface area contributed by atoms with Gasteiger partial charge < -0.3 is 28.8 Å². The molecule has 0 radical (unpaired) electrons. The summed E-state index contributed by atoms with van der Waals surface area (Å²) in [5.74, 6) is -0.236. The Bertz CT molecular complexity index is 873. The van der Waals surface area contributed by atoms with E-state index >= 15 is 0 Å². The molecule has 0 saturated carbocycles. The van der Waals surface area contributed by atoms with Crippen molar-refractivity contribution in [3.05, 3.63) is 29.3 Å². The van der Waals surface area contributed by atoms with E-state index in [0.29, 0.717) is 59.3 Å². The van der Waals surface area contributed by atoms with E-state index in [0.717, 1.165) is 41.9 Å². The summed E-state index contributed by atoms with van der Waals surface area (Å²) in [4.78, 5) is 22.4. The number of hydrogen-bond acceptors (Lipinski definition) is 9. The molecule has 0 unspecified atom stereocenters. The van der Waals surface area contributed by atoms with Gasteiger partial charge in [-0.05, 0) is 43.0 Å². The molecule has 0 bridgehead atoms. The van der Waals surface area contributed by atoms with Crippen molar-refractivity contribution >= 4 is 30.2 Å². The van der Waals surface area contributed by atoms with Gasteiger partial charge in [-0.2, -0.15) is 17.7 Å². The van der Waals surface area contributed by atoms with Crippen LogP contribution in [-0.2, 0) is 35.0 Å². The zero-order valence-corrected chi connectivity index (χ0v) is 22.7. The maximum Gasteiger partial charge on any atom is 0.305 e. The Kier molecular flexibility index (Phi) is 14.6. The third-order valence-electron chi connectivity index (χ3n) is 5.23. The Morgan fingerprint density at radius 2 is 1.54 bits per heavy atom. The number of amides is 1. The summed E-state index contributed by atoms with van der Waals surface area (Å²) < 4.78 is 26.9. The summed E-state index contributed by atoms with van der Waals surface area (Å²) >= 11 is 4.39. The van der Waals surface area contributed by atoms with E-state index in [2.05, 4.69) is 23.2 Å². The first-order valence-electron chi connectivity index (χ1n) is 12.6. The minimum atomic E-state index is -0.875. The highest BCUT2D eigenvalue weighted by Gasteiger charge is 2.19. The number of aryl methyl sites for hydroxylation is 1. The predicted octanol–water partition coefficient (Wildman–Crippen LogP) is 2.86. The van der Waals surface area contributed by atoms with Gasteiger partial charge in [0.25, 0.3) is 0 Å². The molecule has 1 aliphatic rings. The molecular weight excluding hydrogens is 500 g/mol. The van der Waals surface area contributed by atoms with Gasteiger partial charge in [-0.25, -0.2) is 5.43 Å². The third-order valence-corrected chi connectivity index (χ3v) is 5.39. The largest absolute Gasteiger partial charge is 0.491 e. The first-order chi connectivity index (χ1) is 17.7. The van der Waals surface area contributed by atoms with E-state index in [1.807, 2.05) is 32.0 Å². The van der Waals surface area contributed by atoms with Gasteiger partial charge in [0.1, 0.15) is 12.4 Å². The molecule has 208 valence electrons. The van der Waals surface area contributed by atoms with E-state index in [9.17, 15) is 9.59 Å². The summed E-state index contributed by atoms with van der Waals surface area (Å²) in [5.41, 5.74) is 5.76. The Balaban J connectivity index is 1.55. The molecule has 1 amide bonds. The van der Waals surface area contributed by atoms with Crippen LogP contribution < -0.4 is 10.2 Å². The SMILES string of the molecule is CC(C)(S)CC(=O)N/N=C1\CCCc2cc(OCCOCCOCCOCCOCCC(=O)O)ccc21. The van der Waals surface area contributed by atoms with Crippen LogP contribution in [0.4, 0.5) is 0 Å². The number of thiol groups is 1. The van der Waals surface area contributed by atoms with E-state index in [1.165, 1.54) is 0 Å². The number of benzene rings is 1. The van der Waals surface area contributed by atoms with Crippen LogP contribution in [0.25, 0.3) is 0 Å². The summed E-state index contributed by atoms with van der Waals surface area (Å²) in [5, 5.41) is 12.9. The molecule has 1 aromatic carbocycles. The highest BCUT2D eigenvalue weighted by molar-refractivity contribution is 7.81. The van der Waals surface area contributed by atoms with Gasteiger partial charge in [-0.3, -0.25) is 9.59 Å². The predicted molar refractivity (Wildman–Crippen MR) is 143 cm³/mol. The lowest BCUT2D eigenvalue weighted by Gasteiger charge is -2.20.